The number of aryl methyl sites for hydroxylation is 1. The van der Waals surface area contributed by atoms with Crippen LogP contribution >= 0.6 is 0 Å². The van der Waals surface area contributed by atoms with Crippen molar-refractivity contribution in [2.24, 2.45) is 0 Å². The predicted molar refractivity (Wildman–Crippen MR) is 97.8 cm³/mol. The molecule has 1 unspecified atom stereocenters. The highest BCUT2D eigenvalue weighted by Crippen LogP contribution is 2.21. The number of H-pyrrole nitrogens is 1. The lowest BCUT2D eigenvalue weighted by Crippen LogP contribution is -2.36. The topological polar surface area (TPSA) is 48.1 Å². The van der Waals surface area contributed by atoms with Crippen molar-refractivity contribution < 1.29 is 4.79 Å². The van der Waals surface area contributed by atoms with E-state index in [1.54, 1.807) is 0 Å². The number of likely N-dealkylation sites (N-methyl/N-ethyl adjacent to an activating group) is 1. The summed E-state index contributed by atoms with van der Waals surface area (Å²) in [6.07, 6.45) is 1.92. The minimum Gasteiger partial charge on any atom is -0.361 e. The van der Waals surface area contributed by atoms with Crippen molar-refractivity contribution in [1.29, 1.82) is 0 Å². The van der Waals surface area contributed by atoms with Crippen LogP contribution in [0.25, 0.3) is 10.9 Å². The van der Waals surface area contributed by atoms with E-state index in [1.165, 1.54) is 0 Å². The van der Waals surface area contributed by atoms with Gasteiger partial charge in [0.05, 0.1) is 0 Å². The molecule has 0 saturated heterocycles. The molecule has 4 heteroatoms. The van der Waals surface area contributed by atoms with Crippen molar-refractivity contribution in [3.63, 3.8) is 0 Å². The van der Waals surface area contributed by atoms with Gasteiger partial charge in [-0.05, 0) is 44.3 Å². The van der Waals surface area contributed by atoms with E-state index in [-0.39, 0.29) is 11.9 Å². The number of benzene rings is 2. The van der Waals surface area contributed by atoms with E-state index in [0.29, 0.717) is 6.54 Å². The third kappa shape index (κ3) is 3.34. The average molecular weight is 321 g/mol. The van der Waals surface area contributed by atoms with Crippen LogP contribution in [0.4, 0.5) is 0 Å². The first-order valence-corrected chi connectivity index (χ1v) is 8.12. The Labute approximate surface area is 142 Å². The highest BCUT2D eigenvalue weighted by Gasteiger charge is 2.22. The van der Waals surface area contributed by atoms with Crippen LogP contribution in [0.2, 0.25) is 0 Å². The van der Waals surface area contributed by atoms with Crippen LogP contribution in [0.1, 0.15) is 22.7 Å². The number of nitrogens with one attached hydrogen (secondary N) is 2. The molecule has 3 aromatic rings. The third-order valence-corrected chi connectivity index (χ3v) is 4.26. The fourth-order valence-corrected chi connectivity index (χ4v) is 3.11. The Morgan fingerprint density at radius 2 is 1.96 bits per heavy atom. The van der Waals surface area contributed by atoms with Crippen molar-refractivity contribution in [2.45, 2.75) is 19.5 Å². The predicted octanol–water partition coefficient (Wildman–Crippen LogP) is 3.40. The minimum absolute atomic E-state index is 0.0122. The molecule has 1 amide bonds. The normalized spacial score (nSPS) is 12.5. The van der Waals surface area contributed by atoms with Gasteiger partial charge in [0.1, 0.15) is 6.04 Å². The number of carbonyl (C=O) groups excluding carboxylic acids is 1. The minimum atomic E-state index is -0.296. The van der Waals surface area contributed by atoms with Gasteiger partial charge in [-0.15, -0.1) is 0 Å². The lowest BCUT2D eigenvalue weighted by atomic mass is 10.0. The Morgan fingerprint density at radius 3 is 2.71 bits per heavy atom. The molecular formula is C20H23N3O. The molecule has 2 aromatic carbocycles. The molecule has 1 heterocycles. The molecule has 0 spiro atoms. The number of amides is 1. The summed E-state index contributed by atoms with van der Waals surface area (Å²) in [7, 11) is 3.86. The van der Waals surface area contributed by atoms with Crippen LogP contribution in [0.3, 0.4) is 0 Å². The zero-order valence-electron chi connectivity index (χ0n) is 14.3. The molecule has 4 nitrogen and oxygen atoms in total. The summed E-state index contributed by atoms with van der Waals surface area (Å²) < 4.78 is 0. The van der Waals surface area contributed by atoms with Gasteiger partial charge in [0.2, 0.25) is 5.91 Å². The Balaban J connectivity index is 1.78. The van der Waals surface area contributed by atoms with Crippen molar-refractivity contribution in [3.05, 3.63) is 71.4 Å². The molecule has 1 atom stereocenters. The number of hydrogen-bond donors (Lipinski definition) is 2. The first-order valence-electron chi connectivity index (χ1n) is 8.12. The third-order valence-electron chi connectivity index (χ3n) is 4.26. The van der Waals surface area contributed by atoms with Gasteiger partial charge >= 0.3 is 0 Å². The van der Waals surface area contributed by atoms with E-state index < -0.39 is 0 Å². The summed E-state index contributed by atoms with van der Waals surface area (Å²) >= 11 is 0. The van der Waals surface area contributed by atoms with E-state index in [2.05, 4.69) is 16.4 Å². The highest BCUT2D eigenvalue weighted by atomic mass is 16.2. The van der Waals surface area contributed by atoms with E-state index in [4.69, 9.17) is 0 Å². The van der Waals surface area contributed by atoms with Gasteiger partial charge < -0.3 is 10.3 Å². The van der Waals surface area contributed by atoms with E-state index >= 15 is 0 Å². The Morgan fingerprint density at radius 1 is 1.17 bits per heavy atom. The summed E-state index contributed by atoms with van der Waals surface area (Å²) in [5.41, 5.74) is 4.37. The van der Waals surface area contributed by atoms with Crippen LogP contribution in [-0.2, 0) is 11.3 Å². The second-order valence-electron chi connectivity index (χ2n) is 6.35. The van der Waals surface area contributed by atoms with Gasteiger partial charge in [-0.1, -0.05) is 42.0 Å². The number of rotatable bonds is 5. The van der Waals surface area contributed by atoms with Crippen molar-refractivity contribution in [2.75, 3.05) is 14.1 Å². The van der Waals surface area contributed by atoms with Crippen LogP contribution in [-0.4, -0.2) is 29.9 Å². The number of aromatic amines is 1. The lowest BCUT2D eigenvalue weighted by molar-refractivity contribution is -0.125. The number of fused-ring (bicyclic) bond motifs is 1. The number of carbonyl (C=O) groups is 1. The quantitative estimate of drug-likeness (QED) is 0.757. The molecule has 1 aromatic heterocycles. The average Bonchev–Trinajstić information content (AvgIpc) is 3.02. The molecule has 3 rings (SSSR count). The summed E-state index contributed by atoms with van der Waals surface area (Å²) in [5, 5.41) is 4.23. The molecule has 0 bridgehead atoms. The maximum Gasteiger partial charge on any atom is 0.242 e. The lowest BCUT2D eigenvalue weighted by Gasteiger charge is -2.24. The molecule has 2 N–H and O–H groups in total. The van der Waals surface area contributed by atoms with Crippen LogP contribution in [0.5, 0.6) is 0 Å². The zero-order chi connectivity index (χ0) is 17.1. The Kier molecular flexibility index (Phi) is 4.67. The van der Waals surface area contributed by atoms with Crippen molar-refractivity contribution >= 4 is 16.8 Å². The fourth-order valence-electron chi connectivity index (χ4n) is 3.11. The number of aromatic nitrogens is 1. The van der Waals surface area contributed by atoms with E-state index in [1.807, 2.05) is 74.6 Å². The molecule has 0 aliphatic rings. The fraction of sp³-hybridized carbons (Fsp3) is 0.250. The summed E-state index contributed by atoms with van der Waals surface area (Å²) in [4.78, 5) is 17.9. The zero-order valence-corrected chi connectivity index (χ0v) is 14.3. The number of nitrogens with zero attached hydrogens (tertiary/aromatic N) is 1. The highest BCUT2D eigenvalue weighted by molar-refractivity contribution is 5.85. The van der Waals surface area contributed by atoms with E-state index in [0.717, 1.165) is 27.6 Å². The van der Waals surface area contributed by atoms with Crippen molar-refractivity contribution in [1.82, 2.24) is 15.2 Å². The molecule has 0 radical (unpaired) electrons. The van der Waals surface area contributed by atoms with Gasteiger partial charge in [-0.3, -0.25) is 9.69 Å². The van der Waals surface area contributed by atoms with Gasteiger partial charge in [-0.25, -0.2) is 0 Å². The first kappa shape index (κ1) is 16.3. The maximum absolute atomic E-state index is 12.8. The van der Waals surface area contributed by atoms with Gasteiger partial charge in [0.25, 0.3) is 0 Å². The molecule has 0 aliphatic carbocycles. The molecule has 0 saturated carbocycles. The second kappa shape index (κ2) is 6.89. The Bertz CT molecular complexity index is 851. The first-order chi connectivity index (χ1) is 11.6. The monoisotopic (exact) mass is 321 g/mol. The SMILES string of the molecule is Cc1cccc(C(C(=O)NCc2cccc3[nH]ccc23)N(C)C)c1. The van der Waals surface area contributed by atoms with Gasteiger partial charge in [-0.2, -0.15) is 0 Å². The van der Waals surface area contributed by atoms with Crippen LogP contribution in [0.15, 0.2) is 54.7 Å². The number of hydrogen-bond acceptors (Lipinski definition) is 2. The summed E-state index contributed by atoms with van der Waals surface area (Å²) in [6.45, 7) is 2.56. The van der Waals surface area contributed by atoms with E-state index in [9.17, 15) is 4.79 Å². The summed E-state index contributed by atoms with van der Waals surface area (Å²) in [5.74, 6) is 0.0122. The van der Waals surface area contributed by atoms with Crippen LogP contribution in [0, 0.1) is 6.92 Å². The smallest absolute Gasteiger partial charge is 0.242 e. The van der Waals surface area contributed by atoms with Crippen LogP contribution < -0.4 is 5.32 Å². The molecule has 0 aliphatic heterocycles. The summed E-state index contributed by atoms with van der Waals surface area (Å²) in [6, 6.07) is 15.9. The largest absolute Gasteiger partial charge is 0.361 e. The van der Waals surface area contributed by atoms with Crippen molar-refractivity contribution in [3.8, 4) is 0 Å². The molecular weight excluding hydrogens is 298 g/mol. The molecule has 0 fully saturated rings. The Hall–Kier alpha value is -2.59. The van der Waals surface area contributed by atoms with Gasteiger partial charge in [0.15, 0.2) is 0 Å². The van der Waals surface area contributed by atoms with Gasteiger partial charge in [0, 0.05) is 23.6 Å². The molecule has 124 valence electrons. The standard InChI is InChI=1S/C20H23N3O/c1-14-6-4-7-15(12-14)19(23(2)3)20(24)22-13-16-8-5-9-18-17(16)10-11-21-18/h4-12,19,21H,13H2,1-3H3,(H,22,24). The second-order valence-corrected chi connectivity index (χ2v) is 6.35. The molecule has 24 heavy (non-hydrogen) atoms. The maximum atomic E-state index is 12.8.